The van der Waals surface area contributed by atoms with Gasteiger partial charge < -0.3 is 14.5 Å². The van der Waals surface area contributed by atoms with Gasteiger partial charge in [0, 0.05) is 26.7 Å². The summed E-state index contributed by atoms with van der Waals surface area (Å²) in [5.74, 6) is -1.28. The molecule has 2 fully saturated rings. The lowest BCUT2D eigenvalue weighted by atomic mass is 9.85. The number of nitriles is 1. The molecule has 26 heavy (non-hydrogen) atoms. The minimum atomic E-state index is -0.886. The van der Waals surface area contributed by atoms with E-state index < -0.39 is 17.3 Å². The van der Waals surface area contributed by atoms with E-state index in [4.69, 9.17) is 10.00 Å². The molecule has 0 aromatic heterocycles. The number of hydrogen-bond acceptors (Lipinski definition) is 4. The van der Waals surface area contributed by atoms with Crippen LogP contribution in [0, 0.1) is 17.1 Å². The van der Waals surface area contributed by atoms with Crippen molar-refractivity contribution in [1.29, 1.82) is 5.26 Å². The third kappa shape index (κ3) is 3.06. The second kappa shape index (κ2) is 7.42. The maximum absolute atomic E-state index is 14.3. The van der Waals surface area contributed by atoms with Crippen LogP contribution in [-0.2, 0) is 9.53 Å². The summed E-state index contributed by atoms with van der Waals surface area (Å²) in [6.45, 7) is 2.02. The first-order valence-electron chi connectivity index (χ1n) is 8.83. The van der Waals surface area contributed by atoms with Crippen molar-refractivity contribution < 1.29 is 18.7 Å². The third-order valence-electron chi connectivity index (χ3n) is 5.33. The SMILES string of the molecule is COCCN1CCCC2(CCCN2C(=O)c2ccc(C#N)cc2F)C1=O. The minimum Gasteiger partial charge on any atom is -0.383 e. The lowest BCUT2D eigenvalue weighted by Crippen LogP contribution is -2.61. The average molecular weight is 359 g/mol. The van der Waals surface area contributed by atoms with Gasteiger partial charge in [0.2, 0.25) is 5.91 Å². The van der Waals surface area contributed by atoms with Gasteiger partial charge in [0.05, 0.1) is 23.8 Å². The molecule has 138 valence electrons. The molecule has 2 aliphatic rings. The second-order valence-corrected chi connectivity index (χ2v) is 6.79. The molecule has 0 N–H and O–H groups in total. The van der Waals surface area contributed by atoms with E-state index >= 15 is 0 Å². The van der Waals surface area contributed by atoms with Crippen LogP contribution in [0.25, 0.3) is 0 Å². The Bertz CT molecular complexity index is 761. The number of hydrogen-bond donors (Lipinski definition) is 0. The Morgan fingerprint density at radius 3 is 2.73 bits per heavy atom. The molecule has 6 nitrogen and oxygen atoms in total. The number of rotatable bonds is 4. The highest BCUT2D eigenvalue weighted by Crippen LogP contribution is 2.39. The molecule has 1 aromatic carbocycles. The van der Waals surface area contributed by atoms with Crippen molar-refractivity contribution in [3.05, 3.63) is 35.1 Å². The molecule has 2 aliphatic heterocycles. The van der Waals surface area contributed by atoms with Crippen LogP contribution in [0.5, 0.6) is 0 Å². The fraction of sp³-hybridized carbons (Fsp3) is 0.526. The van der Waals surface area contributed by atoms with E-state index in [9.17, 15) is 14.0 Å². The van der Waals surface area contributed by atoms with Gasteiger partial charge in [-0.1, -0.05) is 0 Å². The van der Waals surface area contributed by atoms with Crippen molar-refractivity contribution in [2.75, 3.05) is 33.4 Å². The summed E-state index contributed by atoms with van der Waals surface area (Å²) in [4.78, 5) is 29.4. The molecule has 3 rings (SSSR count). The van der Waals surface area contributed by atoms with E-state index in [0.717, 1.165) is 12.5 Å². The number of methoxy groups -OCH3 is 1. The predicted octanol–water partition coefficient (Wildman–Crippen LogP) is 1.94. The van der Waals surface area contributed by atoms with Gasteiger partial charge in [-0.05, 0) is 43.9 Å². The first-order valence-corrected chi connectivity index (χ1v) is 8.83. The number of halogens is 1. The van der Waals surface area contributed by atoms with E-state index in [1.54, 1.807) is 16.9 Å². The molecule has 0 aliphatic carbocycles. The molecule has 1 atom stereocenters. The van der Waals surface area contributed by atoms with Crippen LogP contribution in [0.2, 0.25) is 0 Å². The van der Waals surface area contributed by atoms with Gasteiger partial charge in [0.1, 0.15) is 11.4 Å². The predicted molar refractivity (Wildman–Crippen MR) is 91.8 cm³/mol. The summed E-state index contributed by atoms with van der Waals surface area (Å²) >= 11 is 0. The van der Waals surface area contributed by atoms with E-state index in [2.05, 4.69) is 0 Å². The molecule has 1 aromatic rings. The Kier molecular flexibility index (Phi) is 5.23. The monoisotopic (exact) mass is 359 g/mol. The Morgan fingerprint density at radius 1 is 1.35 bits per heavy atom. The van der Waals surface area contributed by atoms with Gasteiger partial charge in [-0.25, -0.2) is 4.39 Å². The summed E-state index contributed by atoms with van der Waals surface area (Å²) in [5.41, 5.74) is -0.814. The van der Waals surface area contributed by atoms with Crippen molar-refractivity contribution in [1.82, 2.24) is 9.80 Å². The van der Waals surface area contributed by atoms with Gasteiger partial charge in [-0.15, -0.1) is 0 Å². The average Bonchev–Trinajstić information content (AvgIpc) is 3.07. The number of nitrogens with zero attached hydrogens (tertiary/aromatic N) is 3. The lowest BCUT2D eigenvalue weighted by molar-refractivity contribution is -0.146. The summed E-state index contributed by atoms with van der Waals surface area (Å²) in [5, 5.41) is 8.86. The van der Waals surface area contributed by atoms with Crippen LogP contribution in [0.1, 0.15) is 41.6 Å². The van der Waals surface area contributed by atoms with Crippen LogP contribution in [0.3, 0.4) is 0 Å². The quantitative estimate of drug-likeness (QED) is 0.823. The maximum atomic E-state index is 14.3. The maximum Gasteiger partial charge on any atom is 0.257 e. The Hall–Kier alpha value is -2.46. The van der Waals surface area contributed by atoms with Gasteiger partial charge >= 0.3 is 0 Å². The lowest BCUT2D eigenvalue weighted by Gasteiger charge is -2.44. The molecule has 2 heterocycles. The normalized spacial score (nSPS) is 22.7. The highest BCUT2D eigenvalue weighted by atomic mass is 19.1. The summed E-state index contributed by atoms with van der Waals surface area (Å²) in [6.07, 6.45) is 2.71. The van der Waals surface area contributed by atoms with E-state index in [-0.39, 0.29) is 17.0 Å². The number of piperidine rings is 1. The molecule has 7 heteroatoms. The molecule has 0 bridgehead atoms. The number of amides is 2. The highest BCUT2D eigenvalue weighted by Gasteiger charge is 2.52. The fourth-order valence-electron chi connectivity index (χ4n) is 4.04. The standard InChI is InChI=1S/C19H22FN3O3/c1-26-11-10-22-8-2-6-19(18(22)25)7-3-9-23(19)17(24)15-5-4-14(13-21)12-16(15)20/h4-5,12H,2-3,6-11H2,1H3. The molecular formula is C19H22FN3O3. The molecule has 0 saturated carbocycles. The molecule has 1 spiro atoms. The summed E-state index contributed by atoms with van der Waals surface area (Å²) in [7, 11) is 1.59. The van der Waals surface area contributed by atoms with Crippen molar-refractivity contribution in [2.45, 2.75) is 31.2 Å². The second-order valence-electron chi connectivity index (χ2n) is 6.79. The zero-order valence-corrected chi connectivity index (χ0v) is 14.8. The van der Waals surface area contributed by atoms with Crippen LogP contribution < -0.4 is 0 Å². The summed E-state index contributed by atoms with van der Waals surface area (Å²) < 4.78 is 19.4. The molecular weight excluding hydrogens is 337 g/mol. The first-order chi connectivity index (χ1) is 12.5. The number of ether oxygens (including phenoxy) is 1. The van der Waals surface area contributed by atoms with Gasteiger partial charge in [0.15, 0.2) is 0 Å². The van der Waals surface area contributed by atoms with Gasteiger partial charge in [-0.2, -0.15) is 5.26 Å². The van der Waals surface area contributed by atoms with Crippen LogP contribution in [-0.4, -0.2) is 60.5 Å². The smallest absolute Gasteiger partial charge is 0.257 e. The Labute approximate surface area is 152 Å². The molecule has 1 unspecified atom stereocenters. The zero-order chi connectivity index (χ0) is 18.7. The molecule has 2 amide bonds. The zero-order valence-electron chi connectivity index (χ0n) is 14.8. The van der Waals surface area contributed by atoms with Crippen LogP contribution in [0.4, 0.5) is 4.39 Å². The van der Waals surface area contributed by atoms with Crippen molar-refractivity contribution in [3.63, 3.8) is 0 Å². The largest absolute Gasteiger partial charge is 0.383 e. The first kappa shape index (κ1) is 18.3. The highest BCUT2D eigenvalue weighted by molar-refractivity contribution is 6.00. The van der Waals surface area contributed by atoms with Gasteiger partial charge in [0.25, 0.3) is 5.91 Å². The van der Waals surface area contributed by atoms with Crippen molar-refractivity contribution >= 4 is 11.8 Å². The van der Waals surface area contributed by atoms with Crippen LogP contribution in [0.15, 0.2) is 18.2 Å². The Morgan fingerprint density at radius 2 is 2.08 bits per heavy atom. The molecule has 0 radical (unpaired) electrons. The molecule has 2 saturated heterocycles. The van der Waals surface area contributed by atoms with Gasteiger partial charge in [-0.3, -0.25) is 9.59 Å². The number of carbonyl (C=O) groups excluding carboxylic acids is 2. The minimum absolute atomic E-state index is 0.0688. The topological polar surface area (TPSA) is 73.6 Å². The third-order valence-corrected chi connectivity index (χ3v) is 5.33. The number of benzene rings is 1. The summed E-state index contributed by atoms with van der Waals surface area (Å²) in [6, 6.07) is 5.67. The van der Waals surface area contributed by atoms with Crippen molar-refractivity contribution in [2.24, 2.45) is 0 Å². The Balaban J connectivity index is 1.88. The van der Waals surface area contributed by atoms with E-state index in [1.165, 1.54) is 12.1 Å². The van der Waals surface area contributed by atoms with E-state index in [0.29, 0.717) is 45.5 Å². The van der Waals surface area contributed by atoms with Crippen molar-refractivity contribution in [3.8, 4) is 6.07 Å². The number of carbonyl (C=O) groups is 2. The van der Waals surface area contributed by atoms with Crippen LogP contribution >= 0.6 is 0 Å². The number of likely N-dealkylation sites (tertiary alicyclic amines) is 2. The fourth-order valence-corrected chi connectivity index (χ4v) is 4.04. The van der Waals surface area contributed by atoms with E-state index in [1.807, 2.05) is 6.07 Å².